The van der Waals surface area contributed by atoms with Crippen LogP contribution in [0.4, 0.5) is 5.69 Å². The molecule has 5 rings (SSSR count). The molecule has 0 saturated heterocycles. The smallest absolute Gasteiger partial charge is 0.270 e. The molecule has 9 heteroatoms. The van der Waals surface area contributed by atoms with Crippen LogP contribution in [0, 0.1) is 10.1 Å². The van der Waals surface area contributed by atoms with E-state index in [9.17, 15) is 10.1 Å². The van der Waals surface area contributed by atoms with Crippen molar-refractivity contribution in [3.63, 3.8) is 0 Å². The van der Waals surface area contributed by atoms with Crippen LogP contribution in [-0.4, -0.2) is 24.9 Å². The van der Waals surface area contributed by atoms with Crippen molar-refractivity contribution < 1.29 is 4.92 Å². The molecule has 0 spiro atoms. The second-order valence-corrected chi connectivity index (χ2v) is 8.86. The first-order valence-electron chi connectivity index (χ1n) is 11.2. The topological polar surface area (TPSA) is 90.6 Å². The quantitative estimate of drug-likeness (QED) is 0.165. The Kier molecular flexibility index (Phi) is 6.63. The van der Waals surface area contributed by atoms with Crippen molar-refractivity contribution in [3.8, 4) is 16.9 Å². The van der Waals surface area contributed by atoms with E-state index < -0.39 is 4.92 Å². The first-order valence-corrected chi connectivity index (χ1v) is 12.1. The van der Waals surface area contributed by atoms with Crippen LogP contribution < -0.4 is 4.80 Å². The summed E-state index contributed by atoms with van der Waals surface area (Å²) < 4.78 is 3.70. The lowest BCUT2D eigenvalue weighted by atomic mass is 10.1. The molecule has 8 nitrogen and oxygen atoms in total. The molecule has 0 atom stereocenters. The molecular weight excluding hydrogens is 472 g/mol. The van der Waals surface area contributed by atoms with Crippen LogP contribution in [0.15, 0.2) is 113 Å². The normalized spacial score (nSPS) is 12.1. The maximum Gasteiger partial charge on any atom is 0.270 e. The summed E-state index contributed by atoms with van der Waals surface area (Å²) in [7, 11) is 0. The third-order valence-electron chi connectivity index (χ3n) is 5.62. The van der Waals surface area contributed by atoms with Crippen LogP contribution in [0.25, 0.3) is 16.9 Å². The molecular formula is C27H22N6O2S. The Hall–Kier alpha value is -4.63. The molecule has 178 valence electrons. The van der Waals surface area contributed by atoms with Gasteiger partial charge < -0.3 is 4.57 Å². The Morgan fingerprint density at radius 1 is 1.06 bits per heavy atom. The Labute approximate surface area is 211 Å². The zero-order valence-electron chi connectivity index (χ0n) is 19.4. The van der Waals surface area contributed by atoms with Gasteiger partial charge >= 0.3 is 0 Å². The molecule has 0 aliphatic rings. The first-order chi connectivity index (χ1) is 17.6. The van der Waals surface area contributed by atoms with Crippen molar-refractivity contribution in [2.45, 2.75) is 13.5 Å². The van der Waals surface area contributed by atoms with Gasteiger partial charge in [-0.3, -0.25) is 15.1 Å². The minimum Gasteiger partial charge on any atom is -0.306 e. The fourth-order valence-corrected chi connectivity index (χ4v) is 4.55. The molecule has 0 aliphatic heterocycles. The lowest BCUT2D eigenvalue weighted by molar-refractivity contribution is -0.384. The summed E-state index contributed by atoms with van der Waals surface area (Å²) in [6, 6.07) is 24.6. The maximum absolute atomic E-state index is 11.4. The number of nitro benzene ring substituents is 1. The number of imidazole rings is 1. The van der Waals surface area contributed by atoms with Crippen LogP contribution in [0.1, 0.15) is 18.1 Å². The zero-order valence-corrected chi connectivity index (χ0v) is 20.2. The monoisotopic (exact) mass is 494 g/mol. The molecule has 0 radical (unpaired) electrons. The minimum atomic E-state index is -0.392. The molecule has 36 heavy (non-hydrogen) atoms. The highest BCUT2D eigenvalue weighted by Gasteiger charge is 2.13. The predicted octanol–water partition coefficient (Wildman–Crippen LogP) is 5.68. The average Bonchev–Trinajstić information content (AvgIpc) is 3.59. The number of non-ortho nitro benzene ring substituents is 1. The van der Waals surface area contributed by atoms with Gasteiger partial charge in [-0.25, -0.2) is 9.66 Å². The molecule has 0 fully saturated rings. The second kappa shape index (κ2) is 10.3. The van der Waals surface area contributed by atoms with Crippen LogP contribution >= 0.6 is 11.3 Å². The van der Waals surface area contributed by atoms with Crippen LogP contribution in [0.3, 0.4) is 0 Å². The molecule has 2 heterocycles. The van der Waals surface area contributed by atoms with E-state index in [1.807, 2.05) is 83.7 Å². The molecule has 3 aromatic carbocycles. The van der Waals surface area contributed by atoms with Gasteiger partial charge in [0, 0.05) is 41.2 Å². The van der Waals surface area contributed by atoms with Crippen LogP contribution in [-0.2, 0) is 6.54 Å². The Balaban J connectivity index is 1.56. The second-order valence-electron chi connectivity index (χ2n) is 8.03. The van der Waals surface area contributed by atoms with Gasteiger partial charge in [0.2, 0.25) is 4.80 Å². The molecule has 0 saturated carbocycles. The van der Waals surface area contributed by atoms with Crippen molar-refractivity contribution in [1.29, 1.82) is 0 Å². The maximum atomic E-state index is 11.4. The van der Waals surface area contributed by atoms with E-state index in [2.05, 4.69) is 4.98 Å². The standard InChI is InChI=1S/C27H22N6O2S/c1-20(22-10-12-24(13-11-22)31-15-14-28-19-31)30-32-26(23-8-5-9-25(16-23)33(34)35)18-36-27(32)29-17-21-6-3-2-4-7-21/h2-16,18-19H,17H2,1H3. The number of aromatic nitrogens is 3. The number of hydrogen-bond donors (Lipinski definition) is 0. The van der Waals surface area contributed by atoms with Crippen LogP contribution in [0.5, 0.6) is 0 Å². The van der Waals surface area contributed by atoms with Crippen molar-refractivity contribution in [2.75, 3.05) is 0 Å². The Morgan fingerprint density at radius 3 is 2.58 bits per heavy atom. The van der Waals surface area contributed by atoms with Crippen LogP contribution in [0.2, 0.25) is 0 Å². The van der Waals surface area contributed by atoms with Gasteiger partial charge in [0.1, 0.15) is 0 Å². The zero-order chi connectivity index (χ0) is 24.9. The molecule has 0 unspecified atom stereocenters. The summed E-state index contributed by atoms with van der Waals surface area (Å²) in [5, 5.41) is 18.2. The highest BCUT2D eigenvalue weighted by atomic mass is 32.1. The molecule has 0 aliphatic carbocycles. The highest BCUT2D eigenvalue weighted by Crippen LogP contribution is 2.25. The summed E-state index contributed by atoms with van der Waals surface area (Å²) in [5.41, 5.74) is 5.31. The van der Waals surface area contributed by atoms with Gasteiger partial charge in [-0.15, -0.1) is 11.3 Å². The Morgan fingerprint density at radius 2 is 1.86 bits per heavy atom. The SMILES string of the molecule is CC(=Nn1c(-c2cccc([N+](=O)[O-])c2)csc1=NCc1ccccc1)c1ccc(-n2ccnc2)cc1. The van der Waals surface area contributed by atoms with E-state index in [1.54, 1.807) is 29.3 Å². The lowest BCUT2D eigenvalue weighted by Gasteiger charge is -2.08. The number of nitrogens with zero attached hydrogens (tertiary/aromatic N) is 6. The third-order valence-corrected chi connectivity index (χ3v) is 6.47. The van der Waals surface area contributed by atoms with E-state index in [0.29, 0.717) is 16.9 Å². The Bertz CT molecular complexity index is 1580. The van der Waals surface area contributed by atoms with Crippen molar-refractivity contribution in [1.82, 2.24) is 14.2 Å². The lowest BCUT2D eigenvalue weighted by Crippen LogP contribution is -2.14. The fourth-order valence-electron chi connectivity index (χ4n) is 3.72. The predicted molar refractivity (Wildman–Crippen MR) is 141 cm³/mol. The van der Waals surface area contributed by atoms with E-state index in [-0.39, 0.29) is 5.69 Å². The molecule has 5 aromatic rings. The first kappa shape index (κ1) is 23.1. The third kappa shape index (κ3) is 5.06. The largest absolute Gasteiger partial charge is 0.306 e. The fraction of sp³-hybridized carbons (Fsp3) is 0.0741. The highest BCUT2D eigenvalue weighted by molar-refractivity contribution is 7.07. The summed E-state index contributed by atoms with van der Waals surface area (Å²) in [6.45, 7) is 2.44. The van der Waals surface area contributed by atoms with Crippen molar-refractivity contribution >= 4 is 22.7 Å². The van der Waals surface area contributed by atoms with Crippen molar-refractivity contribution in [3.05, 3.63) is 129 Å². The van der Waals surface area contributed by atoms with Gasteiger partial charge in [0.25, 0.3) is 5.69 Å². The summed E-state index contributed by atoms with van der Waals surface area (Å²) in [4.78, 5) is 20.6. The summed E-state index contributed by atoms with van der Waals surface area (Å²) in [6.07, 6.45) is 5.38. The van der Waals surface area contributed by atoms with Gasteiger partial charge in [0.15, 0.2) is 0 Å². The summed E-state index contributed by atoms with van der Waals surface area (Å²) >= 11 is 1.45. The number of hydrogen-bond acceptors (Lipinski definition) is 6. The van der Waals surface area contributed by atoms with E-state index >= 15 is 0 Å². The summed E-state index contributed by atoms with van der Waals surface area (Å²) in [5.74, 6) is 0. The molecule has 0 bridgehead atoms. The number of benzene rings is 3. The number of rotatable bonds is 7. The van der Waals surface area contributed by atoms with Gasteiger partial charge in [-0.1, -0.05) is 54.6 Å². The van der Waals surface area contributed by atoms with E-state index in [4.69, 9.17) is 10.1 Å². The van der Waals surface area contributed by atoms with E-state index in [1.165, 1.54) is 17.4 Å². The van der Waals surface area contributed by atoms with Gasteiger partial charge in [-0.2, -0.15) is 5.10 Å². The number of nitro groups is 1. The number of thiazole rings is 1. The average molecular weight is 495 g/mol. The van der Waals surface area contributed by atoms with Gasteiger partial charge in [-0.05, 0) is 30.2 Å². The molecule has 2 aromatic heterocycles. The van der Waals surface area contributed by atoms with E-state index in [0.717, 1.165) is 28.2 Å². The van der Waals surface area contributed by atoms with Gasteiger partial charge in [0.05, 0.1) is 29.2 Å². The van der Waals surface area contributed by atoms with Crippen molar-refractivity contribution in [2.24, 2.45) is 10.1 Å². The minimum absolute atomic E-state index is 0.0313. The molecule has 0 amide bonds. The molecule has 0 N–H and O–H groups in total.